The summed E-state index contributed by atoms with van der Waals surface area (Å²) in [6.45, 7) is 1.55. The number of carbonyl (C=O) groups excluding carboxylic acids is 1. The van der Waals surface area contributed by atoms with Crippen molar-refractivity contribution in [1.82, 2.24) is 4.90 Å². The second-order valence-corrected chi connectivity index (χ2v) is 7.05. The van der Waals surface area contributed by atoms with E-state index in [-0.39, 0.29) is 5.91 Å². The van der Waals surface area contributed by atoms with Crippen molar-refractivity contribution in [2.24, 2.45) is 0 Å². The van der Waals surface area contributed by atoms with Crippen LogP contribution in [0.4, 0.5) is 0 Å². The lowest BCUT2D eigenvalue weighted by atomic mass is 9.95. The molecule has 0 aliphatic carbocycles. The molecule has 3 aromatic rings. The lowest BCUT2D eigenvalue weighted by Gasteiger charge is -2.31. The minimum Gasteiger partial charge on any atom is -0.493 e. The van der Waals surface area contributed by atoms with Crippen LogP contribution in [0.3, 0.4) is 0 Å². The minimum atomic E-state index is -0.0297. The molecule has 1 saturated heterocycles. The molecule has 1 fully saturated rings. The van der Waals surface area contributed by atoms with E-state index in [1.165, 1.54) is 4.88 Å². The molecule has 1 amide bonds. The summed E-state index contributed by atoms with van der Waals surface area (Å²) in [5.74, 6) is 1.59. The first-order valence-corrected chi connectivity index (χ1v) is 9.03. The highest BCUT2D eigenvalue weighted by Crippen LogP contribution is 2.33. The molecular weight excluding hydrogens is 322 g/mol. The van der Waals surface area contributed by atoms with Gasteiger partial charge in [-0.25, -0.2) is 0 Å². The number of fused-ring (bicyclic) bond motifs is 1. The molecule has 4 nitrogen and oxygen atoms in total. The van der Waals surface area contributed by atoms with E-state index in [1.807, 2.05) is 29.2 Å². The number of benzene rings is 1. The smallest absolute Gasteiger partial charge is 0.289 e. The summed E-state index contributed by atoms with van der Waals surface area (Å²) in [7, 11) is 1.61. The molecule has 0 atom stereocenters. The van der Waals surface area contributed by atoms with Gasteiger partial charge in [-0.2, -0.15) is 0 Å². The van der Waals surface area contributed by atoms with E-state index in [4.69, 9.17) is 9.15 Å². The number of methoxy groups -OCH3 is 1. The van der Waals surface area contributed by atoms with Crippen LogP contribution in [-0.2, 0) is 0 Å². The molecule has 0 N–H and O–H groups in total. The first-order chi connectivity index (χ1) is 11.8. The standard InChI is InChI=1S/C19H19NO3S/c1-22-15-5-2-4-14-12-16(23-18(14)15)19(21)20-9-7-13(8-10-20)17-6-3-11-24-17/h2-6,11-13H,7-10H2,1H3. The highest BCUT2D eigenvalue weighted by Gasteiger charge is 2.27. The average molecular weight is 341 g/mol. The van der Waals surface area contributed by atoms with E-state index in [0.29, 0.717) is 23.0 Å². The summed E-state index contributed by atoms with van der Waals surface area (Å²) in [5.41, 5.74) is 0.636. The zero-order valence-electron chi connectivity index (χ0n) is 13.5. The number of piperidine rings is 1. The number of para-hydroxylation sites is 1. The number of furan rings is 1. The fourth-order valence-corrected chi connectivity index (χ4v) is 4.25. The van der Waals surface area contributed by atoms with Crippen LogP contribution >= 0.6 is 11.3 Å². The van der Waals surface area contributed by atoms with Crippen LogP contribution in [-0.4, -0.2) is 31.0 Å². The third-order valence-corrected chi connectivity index (χ3v) is 5.70. The van der Waals surface area contributed by atoms with E-state index >= 15 is 0 Å². The summed E-state index contributed by atoms with van der Waals surface area (Å²) >= 11 is 1.81. The van der Waals surface area contributed by atoms with E-state index in [2.05, 4.69) is 17.5 Å². The number of carbonyl (C=O) groups is 1. The maximum absolute atomic E-state index is 12.8. The van der Waals surface area contributed by atoms with Crippen molar-refractivity contribution in [3.63, 3.8) is 0 Å². The fraction of sp³-hybridized carbons (Fsp3) is 0.316. The first-order valence-electron chi connectivity index (χ1n) is 8.15. The van der Waals surface area contributed by atoms with Crippen molar-refractivity contribution in [3.05, 3.63) is 52.4 Å². The number of hydrogen-bond acceptors (Lipinski definition) is 4. The quantitative estimate of drug-likeness (QED) is 0.703. The molecule has 124 valence electrons. The van der Waals surface area contributed by atoms with Gasteiger partial charge in [-0.05, 0) is 42.3 Å². The molecule has 24 heavy (non-hydrogen) atoms. The van der Waals surface area contributed by atoms with Crippen LogP contribution in [0, 0.1) is 0 Å². The molecule has 3 heterocycles. The Morgan fingerprint density at radius 3 is 2.79 bits per heavy atom. The van der Waals surface area contributed by atoms with Crippen LogP contribution < -0.4 is 4.74 Å². The van der Waals surface area contributed by atoms with E-state index < -0.39 is 0 Å². The molecule has 0 bridgehead atoms. The molecule has 1 aliphatic heterocycles. The number of thiophene rings is 1. The van der Waals surface area contributed by atoms with Gasteiger partial charge in [-0.15, -0.1) is 11.3 Å². The number of nitrogens with zero attached hydrogens (tertiary/aromatic N) is 1. The van der Waals surface area contributed by atoms with Crippen molar-refractivity contribution in [3.8, 4) is 5.75 Å². The number of ether oxygens (including phenoxy) is 1. The third kappa shape index (κ3) is 2.69. The van der Waals surface area contributed by atoms with Gasteiger partial charge in [-0.3, -0.25) is 4.79 Å². The summed E-state index contributed by atoms with van der Waals surface area (Å²) < 4.78 is 11.1. The van der Waals surface area contributed by atoms with Gasteiger partial charge in [0.25, 0.3) is 5.91 Å². The lowest BCUT2D eigenvalue weighted by Crippen LogP contribution is -2.37. The van der Waals surface area contributed by atoms with Crippen molar-refractivity contribution >= 4 is 28.2 Å². The maximum Gasteiger partial charge on any atom is 0.289 e. The molecule has 4 rings (SSSR count). The van der Waals surface area contributed by atoms with Gasteiger partial charge in [0, 0.05) is 23.4 Å². The highest BCUT2D eigenvalue weighted by atomic mass is 32.1. The largest absolute Gasteiger partial charge is 0.493 e. The van der Waals surface area contributed by atoms with Crippen LogP contribution in [0.1, 0.15) is 34.2 Å². The summed E-state index contributed by atoms with van der Waals surface area (Å²) in [6, 6.07) is 11.8. The molecule has 0 radical (unpaired) electrons. The molecule has 0 spiro atoms. The normalized spacial score (nSPS) is 15.8. The van der Waals surface area contributed by atoms with Crippen molar-refractivity contribution in [2.75, 3.05) is 20.2 Å². The van der Waals surface area contributed by atoms with E-state index in [1.54, 1.807) is 18.4 Å². The third-order valence-electron chi connectivity index (χ3n) is 4.67. The molecule has 2 aromatic heterocycles. The second-order valence-electron chi connectivity index (χ2n) is 6.07. The monoisotopic (exact) mass is 341 g/mol. The van der Waals surface area contributed by atoms with E-state index in [9.17, 15) is 4.79 Å². The van der Waals surface area contributed by atoms with Crippen LogP contribution in [0.5, 0.6) is 5.75 Å². The minimum absolute atomic E-state index is 0.0297. The van der Waals surface area contributed by atoms with Crippen molar-refractivity contribution < 1.29 is 13.9 Å². The zero-order valence-corrected chi connectivity index (χ0v) is 14.3. The van der Waals surface area contributed by atoms with Crippen LogP contribution in [0.2, 0.25) is 0 Å². The van der Waals surface area contributed by atoms with Gasteiger partial charge >= 0.3 is 0 Å². The van der Waals surface area contributed by atoms with Gasteiger partial charge < -0.3 is 14.1 Å². The Morgan fingerprint density at radius 1 is 1.25 bits per heavy atom. The molecule has 0 saturated carbocycles. The number of rotatable bonds is 3. The van der Waals surface area contributed by atoms with Crippen molar-refractivity contribution in [2.45, 2.75) is 18.8 Å². The number of likely N-dealkylation sites (tertiary alicyclic amines) is 1. The summed E-state index contributed by atoms with van der Waals surface area (Å²) in [4.78, 5) is 16.1. The van der Waals surface area contributed by atoms with Gasteiger partial charge in [0.05, 0.1) is 7.11 Å². The maximum atomic E-state index is 12.8. The molecule has 0 unspecified atom stereocenters. The average Bonchev–Trinajstić information content (AvgIpc) is 3.30. The Morgan fingerprint density at radius 2 is 2.08 bits per heavy atom. The molecule has 1 aromatic carbocycles. The Labute approximate surface area is 144 Å². The Balaban J connectivity index is 1.50. The van der Waals surface area contributed by atoms with Gasteiger partial charge in [-0.1, -0.05) is 18.2 Å². The molecular formula is C19H19NO3S. The zero-order chi connectivity index (χ0) is 16.5. The summed E-state index contributed by atoms with van der Waals surface area (Å²) in [5, 5.41) is 3.01. The Hall–Kier alpha value is -2.27. The fourth-order valence-electron chi connectivity index (χ4n) is 3.35. The van der Waals surface area contributed by atoms with Crippen molar-refractivity contribution in [1.29, 1.82) is 0 Å². The van der Waals surface area contributed by atoms with Gasteiger partial charge in [0.15, 0.2) is 17.1 Å². The van der Waals surface area contributed by atoms with E-state index in [0.717, 1.165) is 31.3 Å². The second kappa shape index (κ2) is 6.32. The van der Waals surface area contributed by atoms with Gasteiger partial charge in [0.1, 0.15) is 0 Å². The Bertz CT molecular complexity index is 845. The van der Waals surface area contributed by atoms with Crippen LogP contribution in [0.25, 0.3) is 11.0 Å². The van der Waals surface area contributed by atoms with Crippen LogP contribution in [0.15, 0.2) is 46.2 Å². The predicted octanol–water partition coefficient (Wildman–Crippen LogP) is 4.52. The SMILES string of the molecule is COc1cccc2cc(C(=O)N3CCC(c4cccs4)CC3)oc12. The van der Waals surface area contributed by atoms with Gasteiger partial charge in [0.2, 0.25) is 0 Å². The molecule has 5 heteroatoms. The topological polar surface area (TPSA) is 42.7 Å². The Kier molecular flexibility index (Phi) is 4.02. The highest BCUT2D eigenvalue weighted by molar-refractivity contribution is 7.10. The first kappa shape index (κ1) is 15.3. The lowest BCUT2D eigenvalue weighted by molar-refractivity contribution is 0.0684. The number of hydrogen-bond donors (Lipinski definition) is 0. The summed E-state index contributed by atoms with van der Waals surface area (Å²) in [6.07, 6.45) is 2.02. The molecule has 1 aliphatic rings. The predicted molar refractivity (Wildman–Crippen MR) is 95.0 cm³/mol. The number of amides is 1.